The highest BCUT2D eigenvalue weighted by atomic mass is 32.2. The van der Waals surface area contributed by atoms with Crippen LogP contribution in [-0.2, 0) is 10.2 Å². The number of rotatable bonds is 9. The van der Waals surface area contributed by atoms with Crippen LogP contribution in [0, 0.1) is 5.92 Å². The third-order valence-electron chi connectivity index (χ3n) is 3.87. The van der Waals surface area contributed by atoms with Crippen LogP contribution >= 0.6 is 0 Å². The van der Waals surface area contributed by atoms with E-state index >= 15 is 0 Å². The smallest absolute Gasteiger partial charge is 0.279 e. The van der Waals surface area contributed by atoms with Crippen LogP contribution < -0.4 is 10.0 Å². The van der Waals surface area contributed by atoms with Gasteiger partial charge in [0.2, 0.25) is 0 Å². The van der Waals surface area contributed by atoms with Crippen molar-refractivity contribution >= 4 is 10.2 Å². The van der Waals surface area contributed by atoms with E-state index in [1.54, 1.807) is 7.05 Å². The highest BCUT2D eigenvalue weighted by Gasteiger charge is 2.18. The van der Waals surface area contributed by atoms with Crippen molar-refractivity contribution < 1.29 is 8.42 Å². The zero-order valence-corrected chi connectivity index (χ0v) is 13.1. The SMILES string of the molecule is CNCCCN(C)S(=O)(=O)NCCC1CCCCC1. The van der Waals surface area contributed by atoms with Gasteiger partial charge in [0.15, 0.2) is 0 Å². The summed E-state index contributed by atoms with van der Waals surface area (Å²) >= 11 is 0. The van der Waals surface area contributed by atoms with Gasteiger partial charge in [-0.05, 0) is 32.4 Å². The highest BCUT2D eigenvalue weighted by molar-refractivity contribution is 7.87. The molecule has 0 spiro atoms. The van der Waals surface area contributed by atoms with Crippen molar-refractivity contribution in [1.29, 1.82) is 0 Å². The van der Waals surface area contributed by atoms with Gasteiger partial charge < -0.3 is 5.32 Å². The Labute approximate surface area is 118 Å². The van der Waals surface area contributed by atoms with Gasteiger partial charge in [0.1, 0.15) is 0 Å². The van der Waals surface area contributed by atoms with Gasteiger partial charge in [0, 0.05) is 20.1 Å². The maximum atomic E-state index is 12.0. The van der Waals surface area contributed by atoms with Crippen LogP contribution in [0.15, 0.2) is 0 Å². The normalized spacial score (nSPS) is 18.1. The average molecular weight is 291 g/mol. The summed E-state index contributed by atoms with van der Waals surface area (Å²) in [5.41, 5.74) is 0. The fourth-order valence-corrected chi connectivity index (χ4v) is 3.54. The molecule has 5 nitrogen and oxygen atoms in total. The monoisotopic (exact) mass is 291 g/mol. The first-order valence-electron chi connectivity index (χ1n) is 7.42. The van der Waals surface area contributed by atoms with Crippen molar-refractivity contribution in [1.82, 2.24) is 14.3 Å². The molecular formula is C13H29N3O2S. The molecule has 6 heteroatoms. The van der Waals surface area contributed by atoms with Gasteiger partial charge >= 0.3 is 0 Å². The number of hydrogen-bond donors (Lipinski definition) is 2. The van der Waals surface area contributed by atoms with Crippen molar-refractivity contribution in [2.75, 3.05) is 33.7 Å². The molecule has 0 aliphatic heterocycles. The summed E-state index contributed by atoms with van der Waals surface area (Å²) in [6, 6.07) is 0. The van der Waals surface area contributed by atoms with Gasteiger partial charge in [-0.2, -0.15) is 12.7 Å². The van der Waals surface area contributed by atoms with Gasteiger partial charge in [-0.15, -0.1) is 0 Å². The first-order valence-corrected chi connectivity index (χ1v) is 8.86. The first-order chi connectivity index (χ1) is 9.06. The largest absolute Gasteiger partial charge is 0.320 e. The Bertz CT molecular complexity index is 327. The molecule has 1 fully saturated rings. The van der Waals surface area contributed by atoms with Crippen LogP contribution in [0.5, 0.6) is 0 Å². The standard InChI is InChI=1S/C13H29N3O2S/c1-14-10-6-12-16(2)19(17,18)15-11-9-13-7-4-3-5-8-13/h13-15H,3-12H2,1-2H3. The molecule has 1 aliphatic rings. The Kier molecular flexibility index (Phi) is 7.90. The lowest BCUT2D eigenvalue weighted by Gasteiger charge is -2.22. The van der Waals surface area contributed by atoms with E-state index in [-0.39, 0.29) is 0 Å². The minimum Gasteiger partial charge on any atom is -0.320 e. The van der Waals surface area contributed by atoms with Gasteiger partial charge in [-0.1, -0.05) is 32.1 Å². The molecule has 0 heterocycles. The van der Waals surface area contributed by atoms with Crippen LogP contribution in [0.3, 0.4) is 0 Å². The van der Waals surface area contributed by atoms with Gasteiger partial charge in [0.25, 0.3) is 10.2 Å². The molecule has 19 heavy (non-hydrogen) atoms. The van der Waals surface area contributed by atoms with E-state index in [1.807, 2.05) is 7.05 Å². The lowest BCUT2D eigenvalue weighted by molar-refractivity contribution is 0.338. The molecule has 0 atom stereocenters. The van der Waals surface area contributed by atoms with E-state index in [0.29, 0.717) is 19.0 Å². The maximum absolute atomic E-state index is 12.0. The third-order valence-corrected chi connectivity index (χ3v) is 5.44. The third kappa shape index (κ3) is 6.70. The second-order valence-corrected chi connectivity index (χ2v) is 7.33. The highest BCUT2D eigenvalue weighted by Crippen LogP contribution is 2.25. The fraction of sp³-hybridized carbons (Fsp3) is 1.00. The lowest BCUT2D eigenvalue weighted by atomic mass is 9.87. The van der Waals surface area contributed by atoms with Gasteiger partial charge in [-0.3, -0.25) is 0 Å². The zero-order valence-electron chi connectivity index (χ0n) is 12.3. The summed E-state index contributed by atoms with van der Waals surface area (Å²) < 4.78 is 28.0. The topological polar surface area (TPSA) is 61.4 Å². The molecule has 1 rings (SSSR count). The molecule has 0 radical (unpaired) electrons. The second kappa shape index (κ2) is 8.89. The van der Waals surface area contributed by atoms with Crippen molar-refractivity contribution in [2.45, 2.75) is 44.9 Å². The summed E-state index contributed by atoms with van der Waals surface area (Å²) in [4.78, 5) is 0. The minimum absolute atomic E-state index is 0.555. The lowest BCUT2D eigenvalue weighted by Crippen LogP contribution is -2.40. The molecule has 2 N–H and O–H groups in total. The maximum Gasteiger partial charge on any atom is 0.279 e. The molecule has 0 amide bonds. The van der Waals surface area contributed by atoms with E-state index < -0.39 is 10.2 Å². The van der Waals surface area contributed by atoms with Crippen LogP contribution in [-0.4, -0.2) is 46.5 Å². The molecule has 0 aromatic carbocycles. The zero-order chi connectivity index (χ0) is 14.1. The Morgan fingerprint density at radius 1 is 1.16 bits per heavy atom. The molecule has 0 bridgehead atoms. The molecule has 0 aromatic rings. The molecular weight excluding hydrogens is 262 g/mol. The van der Waals surface area contributed by atoms with E-state index in [0.717, 1.165) is 19.4 Å². The van der Waals surface area contributed by atoms with E-state index in [9.17, 15) is 8.42 Å². The molecule has 0 aromatic heterocycles. The van der Waals surface area contributed by atoms with Crippen molar-refractivity contribution in [3.63, 3.8) is 0 Å². The van der Waals surface area contributed by atoms with E-state index in [1.165, 1.54) is 36.4 Å². The van der Waals surface area contributed by atoms with Crippen LogP contribution in [0.2, 0.25) is 0 Å². The molecule has 114 valence electrons. The van der Waals surface area contributed by atoms with Crippen LogP contribution in [0.4, 0.5) is 0 Å². The van der Waals surface area contributed by atoms with Crippen molar-refractivity contribution in [3.8, 4) is 0 Å². The van der Waals surface area contributed by atoms with Crippen LogP contribution in [0.25, 0.3) is 0 Å². The van der Waals surface area contributed by atoms with Crippen molar-refractivity contribution in [2.24, 2.45) is 5.92 Å². The molecule has 0 unspecified atom stereocenters. The van der Waals surface area contributed by atoms with Crippen molar-refractivity contribution in [3.05, 3.63) is 0 Å². The Morgan fingerprint density at radius 3 is 2.47 bits per heavy atom. The first kappa shape index (κ1) is 16.9. The fourth-order valence-electron chi connectivity index (χ4n) is 2.58. The summed E-state index contributed by atoms with van der Waals surface area (Å²) in [7, 11) is 0.223. The van der Waals surface area contributed by atoms with E-state index in [4.69, 9.17) is 0 Å². The Balaban J connectivity index is 2.21. The number of nitrogens with zero attached hydrogens (tertiary/aromatic N) is 1. The molecule has 0 saturated heterocycles. The van der Waals surface area contributed by atoms with E-state index in [2.05, 4.69) is 10.0 Å². The molecule has 1 saturated carbocycles. The summed E-state index contributed by atoms with van der Waals surface area (Å²) in [5, 5.41) is 3.02. The quantitative estimate of drug-likeness (QED) is 0.630. The number of hydrogen-bond acceptors (Lipinski definition) is 3. The minimum atomic E-state index is -3.29. The van der Waals surface area contributed by atoms with Gasteiger partial charge in [0.05, 0.1) is 0 Å². The summed E-state index contributed by atoms with van der Waals surface area (Å²) in [6.45, 7) is 1.96. The number of nitrogens with one attached hydrogen (secondary N) is 2. The average Bonchev–Trinajstić information content (AvgIpc) is 2.40. The summed E-state index contributed by atoms with van der Waals surface area (Å²) in [5.74, 6) is 0.714. The molecule has 1 aliphatic carbocycles. The van der Waals surface area contributed by atoms with Gasteiger partial charge in [-0.25, -0.2) is 4.72 Å². The van der Waals surface area contributed by atoms with Crippen LogP contribution in [0.1, 0.15) is 44.9 Å². The predicted molar refractivity (Wildman–Crippen MR) is 79.3 cm³/mol. The summed E-state index contributed by atoms with van der Waals surface area (Å²) in [6.07, 6.45) is 8.29. The Hall–Kier alpha value is -0.170. The second-order valence-electron chi connectivity index (χ2n) is 5.47. The Morgan fingerprint density at radius 2 is 1.84 bits per heavy atom. The predicted octanol–water partition coefficient (Wildman–Crippen LogP) is 1.33.